The van der Waals surface area contributed by atoms with E-state index in [1.807, 2.05) is 41.5 Å². The van der Waals surface area contributed by atoms with Crippen LogP contribution in [0.15, 0.2) is 0 Å². The summed E-state index contributed by atoms with van der Waals surface area (Å²) in [5.41, 5.74) is -0.884. The minimum absolute atomic E-state index is 0.216. The Hall–Kier alpha value is -2.48. The number of nitriles is 2. The van der Waals surface area contributed by atoms with Crippen LogP contribution < -0.4 is 10.6 Å². The molecule has 0 aromatic heterocycles. The van der Waals surface area contributed by atoms with E-state index in [1.165, 1.54) is 0 Å². The number of ether oxygens (including phenoxy) is 2. The van der Waals surface area contributed by atoms with Crippen LogP contribution in [0.3, 0.4) is 0 Å². The average Bonchev–Trinajstić information content (AvgIpc) is 2.75. The number of amides is 2. The number of carbonyl (C=O) groups excluding carboxylic acids is 2. The Morgan fingerprint density at radius 3 is 1.21 bits per heavy atom. The minimum atomic E-state index is -0.442. The highest BCUT2D eigenvalue weighted by Crippen LogP contribution is 2.28. The molecule has 2 amide bonds. The molecule has 2 fully saturated rings. The second-order valence-electron chi connectivity index (χ2n) is 11.5. The van der Waals surface area contributed by atoms with Gasteiger partial charge in [-0.3, -0.25) is 0 Å². The maximum absolute atomic E-state index is 11.4. The molecule has 34 heavy (non-hydrogen) atoms. The monoisotopic (exact) mass is 476 g/mol. The number of nitrogens with one attached hydrogen (secondary N) is 2. The number of hydrogen-bond acceptors (Lipinski definition) is 6. The SMILES string of the molecule is CC(C)(C)OC(=O)NCC1CCC(C#N)CC1.CC(C)(C)OC(=O)NCC1CCC(C#N)CC1. The molecule has 2 aliphatic rings. The van der Waals surface area contributed by atoms with E-state index in [1.54, 1.807) is 0 Å². The Balaban J connectivity index is 0.000000340. The second kappa shape index (κ2) is 14.0. The highest BCUT2D eigenvalue weighted by atomic mass is 16.6. The third kappa shape index (κ3) is 13.9. The van der Waals surface area contributed by atoms with Crippen LogP contribution in [0, 0.1) is 46.3 Å². The molecule has 0 spiro atoms. The van der Waals surface area contributed by atoms with Gasteiger partial charge in [0, 0.05) is 24.9 Å². The van der Waals surface area contributed by atoms with Gasteiger partial charge in [0.1, 0.15) is 11.2 Å². The molecule has 8 nitrogen and oxygen atoms in total. The topological polar surface area (TPSA) is 124 Å². The van der Waals surface area contributed by atoms with E-state index in [0.29, 0.717) is 24.9 Å². The first-order valence-corrected chi connectivity index (χ1v) is 12.5. The van der Waals surface area contributed by atoms with Gasteiger partial charge in [-0.1, -0.05) is 0 Å². The van der Waals surface area contributed by atoms with E-state index < -0.39 is 11.2 Å². The largest absolute Gasteiger partial charge is 0.444 e. The molecule has 0 aliphatic heterocycles. The first-order chi connectivity index (χ1) is 15.8. The standard InChI is InChI=1S/2C13H22N2O2/c2*1-13(2,3)17-12(16)15-9-11-6-4-10(8-14)5-7-11/h2*10-11H,4-7,9H2,1-3H3,(H,15,16). The van der Waals surface area contributed by atoms with Gasteiger partial charge in [0.05, 0.1) is 12.1 Å². The Morgan fingerprint density at radius 1 is 0.676 bits per heavy atom. The normalized spacial score (nSPS) is 24.8. The molecule has 0 unspecified atom stereocenters. The highest BCUT2D eigenvalue weighted by Gasteiger charge is 2.23. The molecule has 8 heteroatoms. The molecule has 0 bridgehead atoms. The van der Waals surface area contributed by atoms with Gasteiger partial charge in [-0.2, -0.15) is 10.5 Å². The molecule has 192 valence electrons. The number of hydrogen-bond donors (Lipinski definition) is 2. The van der Waals surface area contributed by atoms with E-state index >= 15 is 0 Å². The van der Waals surface area contributed by atoms with E-state index in [2.05, 4.69) is 22.8 Å². The Kier molecular flexibility index (Phi) is 12.2. The van der Waals surface area contributed by atoms with E-state index in [-0.39, 0.29) is 24.0 Å². The molecular formula is C26H44N4O4. The average molecular weight is 477 g/mol. The summed E-state index contributed by atoms with van der Waals surface area (Å²) in [6.45, 7) is 12.4. The summed E-state index contributed by atoms with van der Waals surface area (Å²) in [6.07, 6.45) is 7.21. The molecule has 0 heterocycles. The van der Waals surface area contributed by atoms with Gasteiger partial charge in [-0.05, 0) is 105 Å². The van der Waals surface area contributed by atoms with Gasteiger partial charge >= 0.3 is 12.2 Å². The van der Waals surface area contributed by atoms with Crippen LogP contribution in [0.4, 0.5) is 9.59 Å². The third-order valence-corrected chi connectivity index (χ3v) is 5.93. The zero-order valence-corrected chi connectivity index (χ0v) is 21.9. The van der Waals surface area contributed by atoms with Crippen molar-refractivity contribution in [3.8, 4) is 12.1 Å². The lowest BCUT2D eigenvalue weighted by atomic mass is 9.83. The zero-order chi connectivity index (χ0) is 25.8. The fourth-order valence-corrected chi connectivity index (χ4v) is 4.08. The molecule has 0 radical (unpaired) electrons. The van der Waals surface area contributed by atoms with Crippen LogP contribution in [-0.4, -0.2) is 36.5 Å². The van der Waals surface area contributed by atoms with Crippen LogP contribution in [0.25, 0.3) is 0 Å². The van der Waals surface area contributed by atoms with Gasteiger partial charge in [-0.15, -0.1) is 0 Å². The van der Waals surface area contributed by atoms with Crippen LogP contribution in [-0.2, 0) is 9.47 Å². The van der Waals surface area contributed by atoms with Gasteiger partial charge < -0.3 is 20.1 Å². The van der Waals surface area contributed by atoms with Crippen molar-refractivity contribution in [1.82, 2.24) is 10.6 Å². The second-order valence-corrected chi connectivity index (χ2v) is 11.5. The third-order valence-electron chi connectivity index (χ3n) is 5.93. The van der Waals surface area contributed by atoms with Gasteiger partial charge in [0.15, 0.2) is 0 Å². The van der Waals surface area contributed by atoms with Crippen molar-refractivity contribution >= 4 is 12.2 Å². The van der Waals surface area contributed by atoms with Crippen molar-refractivity contribution in [2.24, 2.45) is 23.7 Å². The van der Waals surface area contributed by atoms with Crippen molar-refractivity contribution in [2.45, 2.75) is 104 Å². The maximum atomic E-state index is 11.4. The number of carbonyl (C=O) groups is 2. The summed E-state index contributed by atoms with van der Waals surface area (Å²) in [5.74, 6) is 1.42. The molecule has 0 saturated heterocycles. The zero-order valence-electron chi connectivity index (χ0n) is 21.9. The molecular weight excluding hydrogens is 432 g/mol. The fourth-order valence-electron chi connectivity index (χ4n) is 4.08. The molecule has 0 aromatic carbocycles. The lowest BCUT2D eigenvalue weighted by molar-refractivity contribution is 0.0503. The Morgan fingerprint density at radius 2 is 0.971 bits per heavy atom. The van der Waals surface area contributed by atoms with Crippen LogP contribution >= 0.6 is 0 Å². The quantitative estimate of drug-likeness (QED) is 0.538. The Labute approximate surface area is 205 Å². The van der Waals surface area contributed by atoms with Crippen molar-refractivity contribution in [3.63, 3.8) is 0 Å². The molecule has 0 atom stereocenters. The van der Waals surface area contributed by atoms with Gasteiger partial charge in [0.2, 0.25) is 0 Å². The summed E-state index contributed by atoms with van der Waals surface area (Å²) in [7, 11) is 0. The number of alkyl carbamates (subject to hydrolysis) is 2. The van der Waals surface area contributed by atoms with Crippen molar-refractivity contribution in [2.75, 3.05) is 13.1 Å². The molecule has 2 rings (SSSR count). The summed E-state index contributed by atoms with van der Waals surface area (Å²) >= 11 is 0. The first-order valence-electron chi connectivity index (χ1n) is 12.5. The van der Waals surface area contributed by atoms with Crippen molar-refractivity contribution < 1.29 is 19.1 Å². The van der Waals surface area contributed by atoms with Gasteiger partial charge in [-0.25, -0.2) is 9.59 Å². The molecule has 2 N–H and O–H groups in total. The van der Waals surface area contributed by atoms with Crippen molar-refractivity contribution in [1.29, 1.82) is 10.5 Å². The molecule has 2 saturated carbocycles. The summed E-state index contributed by atoms with van der Waals surface area (Å²) in [4.78, 5) is 22.9. The highest BCUT2D eigenvalue weighted by molar-refractivity contribution is 5.68. The molecule has 2 aliphatic carbocycles. The minimum Gasteiger partial charge on any atom is -0.444 e. The smallest absolute Gasteiger partial charge is 0.407 e. The van der Waals surface area contributed by atoms with E-state index in [9.17, 15) is 9.59 Å². The Bertz CT molecular complexity index is 649. The van der Waals surface area contributed by atoms with E-state index in [0.717, 1.165) is 51.4 Å². The predicted molar refractivity (Wildman–Crippen MR) is 131 cm³/mol. The summed E-state index contributed by atoms with van der Waals surface area (Å²) < 4.78 is 10.3. The van der Waals surface area contributed by atoms with Crippen LogP contribution in [0.2, 0.25) is 0 Å². The summed E-state index contributed by atoms with van der Waals surface area (Å²) in [5, 5.41) is 23.2. The number of nitrogens with zero attached hydrogens (tertiary/aromatic N) is 2. The lowest BCUT2D eigenvalue weighted by Crippen LogP contribution is -2.36. The first kappa shape index (κ1) is 29.6. The lowest BCUT2D eigenvalue weighted by Gasteiger charge is -2.26. The molecule has 0 aromatic rings. The van der Waals surface area contributed by atoms with Crippen LogP contribution in [0.1, 0.15) is 92.9 Å². The van der Waals surface area contributed by atoms with E-state index in [4.69, 9.17) is 20.0 Å². The van der Waals surface area contributed by atoms with Gasteiger partial charge in [0.25, 0.3) is 0 Å². The predicted octanol–water partition coefficient (Wildman–Crippen LogP) is 5.68. The summed E-state index contributed by atoms with van der Waals surface area (Å²) in [6, 6.07) is 4.62. The fraction of sp³-hybridized carbons (Fsp3) is 0.846. The van der Waals surface area contributed by atoms with Crippen LogP contribution in [0.5, 0.6) is 0 Å². The van der Waals surface area contributed by atoms with Crippen molar-refractivity contribution in [3.05, 3.63) is 0 Å². The maximum Gasteiger partial charge on any atom is 0.407 e. The number of rotatable bonds is 4.